The number of ether oxygens (including phenoxy) is 1. The number of hydrogen-bond acceptors (Lipinski definition) is 4. The maximum absolute atomic E-state index is 12.1. The highest BCUT2D eigenvalue weighted by Gasteiger charge is 2.31. The zero-order chi connectivity index (χ0) is 15.6. The Bertz CT molecular complexity index is 647. The molecule has 0 aliphatic heterocycles. The SMILES string of the molecule is O=C(O)c1ccoc1C(O)c1cccc(OC(F)(F)F)c1. The van der Waals surface area contributed by atoms with Crippen molar-refractivity contribution in [1.82, 2.24) is 0 Å². The predicted molar refractivity (Wildman–Crippen MR) is 62.9 cm³/mol. The maximum atomic E-state index is 12.1. The molecule has 0 spiro atoms. The van der Waals surface area contributed by atoms with E-state index in [1.165, 1.54) is 12.1 Å². The molecule has 0 fully saturated rings. The summed E-state index contributed by atoms with van der Waals surface area (Å²) in [7, 11) is 0. The molecule has 5 nitrogen and oxygen atoms in total. The molecular formula is C13H9F3O5. The molecule has 112 valence electrons. The Kier molecular flexibility index (Phi) is 3.90. The molecule has 0 saturated carbocycles. The van der Waals surface area contributed by atoms with Crippen LogP contribution in [0, 0.1) is 0 Å². The summed E-state index contributed by atoms with van der Waals surface area (Å²) in [6, 6.07) is 5.71. The van der Waals surface area contributed by atoms with Gasteiger partial charge in [-0.15, -0.1) is 13.2 Å². The molecule has 0 radical (unpaired) electrons. The van der Waals surface area contributed by atoms with Gasteiger partial charge in [-0.3, -0.25) is 0 Å². The van der Waals surface area contributed by atoms with E-state index in [0.717, 1.165) is 24.5 Å². The smallest absolute Gasteiger partial charge is 0.478 e. The minimum Gasteiger partial charge on any atom is -0.478 e. The summed E-state index contributed by atoms with van der Waals surface area (Å²) in [5.74, 6) is -2.12. The maximum Gasteiger partial charge on any atom is 0.573 e. The molecule has 0 saturated heterocycles. The van der Waals surface area contributed by atoms with Crippen LogP contribution in [0.5, 0.6) is 5.75 Å². The van der Waals surface area contributed by atoms with Crippen molar-refractivity contribution in [2.24, 2.45) is 0 Å². The Balaban J connectivity index is 2.31. The number of carbonyl (C=O) groups is 1. The molecular weight excluding hydrogens is 293 g/mol. The fourth-order valence-corrected chi connectivity index (χ4v) is 1.74. The van der Waals surface area contributed by atoms with Crippen LogP contribution in [0.1, 0.15) is 27.8 Å². The molecule has 0 aliphatic carbocycles. The highest BCUT2D eigenvalue weighted by molar-refractivity contribution is 5.88. The van der Waals surface area contributed by atoms with Gasteiger partial charge in [0.05, 0.1) is 6.26 Å². The summed E-state index contributed by atoms with van der Waals surface area (Å²) in [5, 5.41) is 19.0. The summed E-state index contributed by atoms with van der Waals surface area (Å²) < 4.78 is 45.0. The van der Waals surface area contributed by atoms with Crippen LogP contribution in [-0.4, -0.2) is 22.5 Å². The van der Waals surface area contributed by atoms with Gasteiger partial charge in [0.2, 0.25) is 0 Å². The Morgan fingerprint density at radius 3 is 2.62 bits per heavy atom. The molecule has 8 heteroatoms. The number of carboxylic acids is 1. The van der Waals surface area contributed by atoms with Crippen LogP contribution in [0.2, 0.25) is 0 Å². The van der Waals surface area contributed by atoms with Gasteiger partial charge in [0.1, 0.15) is 17.4 Å². The number of alkyl halides is 3. The topological polar surface area (TPSA) is 79.9 Å². The van der Waals surface area contributed by atoms with Crippen molar-refractivity contribution in [3.05, 3.63) is 53.5 Å². The predicted octanol–water partition coefficient (Wildman–Crippen LogP) is 2.96. The quantitative estimate of drug-likeness (QED) is 0.907. The summed E-state index contributed by atoms with van der Waals surface area (Å²) in [6.45, 7) is 0. The molecule has 1 unspecified atom stereocenters. The van der Waals surface area contributed by atoms with E-state index in [-0.39, 0.29) is 16.9 Å². The first-order valence-corrected chi connectivity index (χ1v) is 5.62. The zero-order valence-corrected chi connectivity index (χ0v) is 10.3. The Morgan fingerprint density at radius 1 is 1.29 bits per heavy atom. The van der Waals surface area contributed by atoms with Crippen molar-refractivity contribution in [3.8, 4) is 5.75 Å². The highest BCUT2D eigenvalue weighted by atomic mass is 19.4. The summed E-state index contributed by atoms with van der Waals surface area (Å²) in [5.41, 5.74) is -0.265. The fourth-order valence-electron chi connectivity index (χ4n) is 1.74. The van der Waals surface area contributed by atoms with Crippen molar-refractivity contribution in [2.75, 3.05) is 0 Å². The first-order valence-electron chi connectivity index (χ1n) is 5.62. The Labute approximate surface area is 116 Å². The highest BCUT2D eigenvalue weighted by Crippen LogP contribution is 2.30. The second-order valence-electron chi connectivity index (χ2n) is 4.03. The molecule has 0 bridgehead atoms. The normalized spacial score (nSPS) is 13.0. The molecule has 2 aromatic rings. The van der Waals surface area contributed by atoms with E-state index in [1.807, 2.05) is 0 Å². The van der Waals surface area contributed by atoms with E-state index in [9.17, 15) is 23.1 Å². The standard InChI is InChI=1S/C13H9F3O5/c14-13(15,16)21-8-3-1-2-7(6-8)10(17)11-9(12(18)19)4-5-20-11/h1-6,10,17H,(H,18,19). The number of aliphatic hydroxyl groups is 1. The van der Waals surface area contributed by atoms with Crippen LogP contribution in [-0.2, 0) is 0 Å². The number of carboxylic acid groups (broad SMARTS) is 1. The number of benzene rings is 1. The molecule has 21 heavy (non-hydrogen) atoms. The molecule has 0 aliphatic rings. The van der Waals surface area contributed by atoms with Crippen LogP contribution in [0.25, 0.3) is 0 Å². The number of aromatic carboxylic acids is 1. The number of aliphatic hydroxyl groups excluding tert-OH is 1. The lowest BCUT2D eigenvalue weighted by Crippen LogP contribution is -2.17. The van der Waals surface area contributed by atoms with Crippen molar-refractivity contribution >= 4 is 5.97 Å². The average Bonchev–Trinajstić information content (AvgIpc) is 2.85. The van der Waals surface area contributed by atoms with Gasteiger partial charge in [0, 0.05) is 0 Å². The first-order chi connectivity index (χ1) is 9.78. The van der Waals surface area contributed by atoms with E-state index in [1.54, 1.807) is 0 Å². The monoisotopic (exact) mass is 302 g/mol. The van der Waals surface area contributed by atoms with Gasteiger partial charge >= 0.3 is 12.3 Å². The molecule has 1 aromatic heterocycles. The lowest BCUT2D eigenvalue weighted by Gasteiger charge is -2.13. The van der Waals surface area contributed by atoms with Gasteiger partial charge in [-0.05, 0) is 23.8 Å². The third-order valence-electron chi connectivity index (χ3n) is 2.58. The molecule has 1 aromatic carbocycles. The minimum absolute atomic E-state index is 0.00852. The van der Waals surface area contributed by atoms with Crippen LogP contribution in [0.4, 0.5) is 13.2 Å². The molecule has 2 N–H and O–H groups in total. The number of furan rings is 1. The molecule has 0 amide bonds. The minimum atomic E-state index is -4.86. The second kappa shape index (κ2) is 5.49. The molecule has 2 rings (SSSR count). The van der Waals surface area contributed by atoms with Gasteiger partial charge in [0.15, 0.2) is 5.76 Å². The number of rotatable bonds is 4. The number of halogens is 3. The van der Waals surface area contributed by atoms with Crippen molar-refractivity contribution in [3.63, 3.8) is 0 Å². The summed E-state index contributed by atoms with van der Waals surface area (Å²) in [6.07, 6.45) is -5.32. The van der Waals surface area contributed by atoms with Gasteiger partial charge in [0.25, 0.3) is 0 Å². The first kappa shape index (κ1) is 14.9. The van der Waals surface area contributed by atoms with Crippen molar-refractivity contribution in [2.45, 2.75) is 12.5 Å². The van der Waals surface area contributed by atoms with Gasteiger partial charge < -0.3 is 19.4 Å². The third kappa shape index (κ3) is 3.54. The number of hydrogen-bond donors (Lipinski definition) is 2. The zero-order valence-electron chi connectivity index (χ0n) is 10.3. The van der Waals surface area contributed by atoms with E-state index in [0.29, 0.717) is 0 Å². The van der Waals surface area contributed by atoms with Crippen LogP contribution < -0.4 is 4.74 Å². The van der Waals surface area contributed by atoms with Crippen molar-refractivity contribution < 1.29 is 37.3 Å². The average molecular weight is 302 g/mol. The van der Waals surface area contributed by atoms with E-state index >= 15 is 0 Å². The van der Waals surface area contributed by atoms with E-state index in [4.69, 9.17) is 9.52 Å². The Morgan fingerprint density at radius 2 is 2.00 bits per heavy atom. The fraction of sp³-hybridized carbons (Fsp3) is 0.154. The van der Waals surface area contributed by atoms with Crippen LogP contribution in [0.3, 0.4) is 0 Å². The lowest BCUT2D eigenvalue weighted by atomic mass is 10.0. The Hall–Kier alpha value is -2.48. The summed E-state index contributed by atoms with van der Waals surface area (Å²) >= 11 is 0. The van der Waals surface area contributed by atoms with Gasteiger partial charge in [-0.1, -0.05) is 12.1 Å². The van der Waals surface area contributed by atoms with Gasteiger partial charge in [-0.25, -0.2) is 4.79 Å². The van der Waals surface area contributed by atoms with E-state index < -0.39 is 24.2 Å². The molecule has 1 heterocycles. The lowest BCUT2D eigenvalue weighted by molar-refractivity contribution is -0.274. The van der Waals surface area contributed by atoms with E-state index in [2.05, 4.69) is 4.74 Å². The second-order valence-corrected chi connectivity index (χ2v) is 4.03. The summed E-state index contributed by atoms with van der Waals surface area (Å²) in [4.78, 5) is 10.9. The van der Waals surface area contributed by atoms with Crippen LogP contribution in [0.15, 0.2) is 41.0 Å². The van der Waals surface area contributed by atoms with Crippen molar-refractivity contribution in [1.29, 1.82) is 0 Å². The molecule has 1 atom stereocenters. The van der Waals surface area contributed by atoms with Gasteiger partial charge in [-0.2, -0.15) is 0 Å². The van der Waals surface area contributed by atoms with Crippen LogP contribution >= 0.6 is 0 Å². The largest absolute Gasteiger partial charge is 0.573 e. The third-order valence-corrected chi connectivity index (χ3v) is 2.58.